The summed E-state index contributed by atoms with van der Waals surface area (Å²) in [4.78, 5) is 18.7. The average molecular weight is 395 g/mol. The normalized spacial score (nSPS) is 15.1. The number of nitrogens with zero attached hydrogens (tertiary/aromatic N) is 2. The van der Waals surface area contributed by atoms with Crippen molar-refractivity contribution in [2.24, 2.45) is 4.99 Å². The van der Waals surface area contributed by atoms with E-state index in [-0.39, 0.29) is 12.0 Å². The Balaban J connectivity index is 1.50. The third kappa shape index (κ3) is 5.98. The molecule has 0 aromatic heterocycles. The van der Waals surface area contributed by atoms with Gasteiger partial charge in [-0.05, 0) is 36.8 Å². The predicted octanol–water partition coefficient (Wildman–Crippen LogP) is 3.06. The quantitative estimate of drug-likeness (QED) is 0.584. The van der Waals surface area contributed by atoms with Gasteiger partial charge < -0.3 is 20.3 Å². The molecule has 2 aromatic rings. The van der Waals surface area contributed by atoms with Gasteiger partial charge in [0, 0.05) is 51.6 Å². The number of nitrogens with one attached hydrogen (secondary N) is 2. The van der Waals surface area contributed by atoms with E-state index in [9.17, 15) is 4.79 Å². The van der Waals surface area contributed by atoms with Crippen molar-refractivity contribution in [1.29, 1.82) is 0 Å². The van der Waals surface area contributed by atoms with Crippen LogP contribution in [0.5, 0.6) is 5.75 Å². The number of carbonyl (C=O) groups excluding carboxylic acids is 1. The monoisotopic (exact) mass is 394 g/mol. The number of amides is 1. The molecule has 6 heteroatoms. The van der Waals surface area contributed by atoms with Crippen LogP contribution in [0, 0.1) is 0 Å². The third-order valence-corrected chi connectivity index (χ3v) is 4.98. The Hall–Kier alpha value is -3.02. The fourth-order valence-electron chi connectivity index (χ4n) is 3.48. The van der Waals surface area contributed by atoms with E-state index < -0.39 is 0 Å². The summed E-state index contributed by atoms with van der Waals surface area (Å²) in [5, 5.41) is 6.26. The molecule has 1 saturated heterocycles. The molecule has 3 rings (SSSR count). The Bertz CT molecular complexity index is 815. The van der Waals surface area contributed by atoms with Crippen LogP contribution in [0.2, 0.25) is 0 Å². The van der Waals surface area contributed by atoms with Gasteiger partial charge in [0.1, 0.15) is 11.9 Å². The van der Waals surface area contributed by atoms with E-state index in [1.807, 2.05) is 61.5 Å². The number of carbonyl (C=O) groups is 1. The molecule has 2 N–H and O–H groups in total. The first-order chi connectivity index (χ1) is 14.2. The van der Waals surface area contributed by atoms with Crippen molar-refractivity contribution in [3.63, 3.8) is 0 Å². The number of guanidine groups is 1. The predicted molar refractivity (Wildman–Crippen MR) is 116 cm³/mol. The summed E-state index contributed by atoms with van der Waals surface area (Å²) in [6.07, 6.45) is 2.16. The zero-order valence-electron chi connectivity index (χ0n) is 17.2. The summed E-state index contributed by atoms with van der Waals surface area (Å²) in [6, 6.07) is 17.7. The van der Waals surface area contributed by atoms with Crippen molar-refractivity contribution in [2.75, 3.05) is 26.7 Å². The van der Waals surface area contributed by atoms with Gasteiger partial charge in [-0.2, -0.15) is 0 Å². The molecule has 0 bridgehead atoms. The lowest BCUT2D eigenvalue weighted by Gasteiger charge is -2.34. The highest BCUT2D eigenvalue weighted by atomic mass is 16.5. The number of piperidine rings is 1. The van der Waals surface area contributed by atoms with Crippen LogP contribution in [0.3, 0.4) is 0 Å². The first-order valence-corrected chi connectivity index (χ1v) is 10.2. The second-order valence-corrected chi connectivity index (χ2v) is 7.08. The number of rotatable bonds is 6. The van der Waals surface area contributed by atoms with Crippen LogP contribution in [0.15, 0.2) is 59.6 Å². The highest BCUT2D eigenvalue weighted by Crippen LogP contribution is 2.18. The summed E-state index contributed by atoms with van der Waals surface area (Å²) in [6.45, 7) is 4.96. The Morgan fingerprint density at radius 2 is 1.86 bits per heavy atom. The minimum Gasteiger partial charge on any atom is -0.490 e. The molecule has 29 heavy (non-hydrogen) atoms. The van der Waals surface area contributed by atoms with E-state index in [0.717, 1.165) is 43.2 Å². The maximum absolute atomic E-state index is 12.0. The summed E-state index contributed by atoms with van der Waals surface area (Å²) in [7, 11) is 1.81. The topological polar surface area (TPSA) is 66.0 Å². The molecule has 0 atom stereocenters. The molecular weight excluding hydrogens is 364 g/mol. The highest BCUT2D eigenvalue weighted by Gasteiger charge is 2.22. The zero-order valence-corrected chi connectivity index (χ0v) is 17.2. The largest absolute Gasteiger partial charge is 0.490 e. The van der Waals surface area contributed by atoms with Crippen molar-refractivity contribution < 1.29 is 9.53 Å². The molecule has 1 aliphatic rings. The maximum Gasteiger partial charge on any atom is 0.251 e. The van der Waals surface area contributed by atoms with Gasteiger partial charge in [0.05, 0.1) is 0 Å². The van der Waals surface area contributed by atoms with Crippen LogP contribution in [0.1, 0.15) is 35.7 Å². The molecule has 0 saturated carbocycles. The zero-order chi connectivity index (χ0) is 20.5. The van der Waals surface area contributed by atoms with Gasteiger partial charge in [0.15, 0.2) is 5.96 Å². The fraction of sp³-hybridized carbons (Fsp3) is 0.391. The van der Waals surface area contributed by atoms with Crippen molar-refractivity contribution in [3.8, 4) is 5.75 Å². The number of aliphatic imine (C=N–C) groups is 1. The van der Waals surface area contributed by atoms with Crippen LogP contribution >= 0.6 is 0 Å². The van der Waals surface area contributed by atoms with Crippen LogP contribution in [-0.4, -0.2) is 49.6 Å². The number of hydrogen-bond donors (Lipinski definition) is 2. The molecule has 1 heterocycles. The SMILES string of the molecule is CCNC(=O)c1cccc(CNC(=NC)N2CCC(Oc3ccccc3)CC2)c1. The molecule has 1 aliphatic heterocycles. The standard InChI is InChI=1S/C23H30N4O2/c1-3-25-22(28)19-9-7-8-18(16-19)17-26-23(24-2)27-14-12-21(13-15-27)29-20-10-5-4-6-11-20/h4-11,16,21H,3,12-15,17H2,1-2H3,(H,24,26)(H,25,28). The summed E-state index contributed by atoms with van der Waals surface area (Å²) < 4.78 is 6.08. The number of para-hydroxylation sites is 1. The van der Waals surface area contributed by atoms with Gasteiger partial charge in [-0.1, -0.05) is 30.3 Å². The summed E-state index contributed by atoms with van der Waals surface area (Å²) in [5.41, 5.74) is 1.73. The number of hydrogen-bond acceptors (Lipinski definition) is 3. The lowest BCUT2D eigenvalue weighted by atomic mass is 10.1. The lowest BCUT2D eigenvalue weighted by molar-refractivity contribution is 0.0955. The van der Waals surface area contributed by atoms with E-state index in [4.69, 9.17) is 4.74 Å². The molecule has 0 aliphatic carbocycles. The van der Waals surface area contributed by atoms with E-state index in [1.54, 1.807) is 7.05 Å². The van der Waals surface area contributed by atoms with Gasteiger partial charge in [-0.3, -0.25) is 9.79 Å². The van der Waals surface area contributed by atoms with E-state index in [1.165, 1.54) is 0 Å². The summed E-state index contributed by atoms with van der Waals surface area (Å²) in [5.74, 6) is 1.77. The van der Waals surface area contributed by atoms with Crippen molar-refractivity contribution >= 4 is 11.9 Å². The first-order valence-electron chi connectivity index (χ1n) is 10.2. The molecular formula is C23H30N4O2. The van der Waals surface area contributed by atoms with Gasteiger partial charge in [0.2, 0.25) is 0 Å². The number of ether oxygens (including phenoxy) is 1. The second-order valence-electron chi connectivity index (χ2n) is 7.08. The van der Waals surface area contributed by atoms with E-state index in [2.05, 4.69) is 20.5 Å². The van der Waals surface area contributed by atoms with E-state index in [0.29, 0.717) is 18.7 Å². The highest BCUT2D eigenvalue weighted by molar-refractivity contribution is 5.94. The Kier molecular flexibility index (Phi) is 7.50. The first kappa shape index (κ1) is 20.7. The van der Waals surface area contributed by atoms with Crippen LogP contribution in [-0.2, 0) is 6.54 Å². The molecule has 1 fully saturated rings. The maximum atomic E-state index is 12.0. The Labute approximate surface area is 173 Å². The summed E-state index contributed by atoms with van der Waals surface area (Å²) >= 11 is 0. The average Bonchev–Trinajstić information content (AvgIpc) is 2.76. The molecule has 1 amide bonds. The minimum absolute atomic E-state index is 0.0424. The molecule has 6 nitrogen and oxygen atoms in total. The van der Waals surface area contributed by atoms with Gasteiger partial charge in [-0.25, -0.2) is 0 Å². The van der Waals surface area contributed by atoms with Crippen LogP contribution < -0.4 is 15.4 Å². The number of likely N-dealkylation sites (tertiary alicyclic amines) is 1. The lowest BCUT2D eigenvalue weighted by Crippen LogP contribution is -2.47. The number of benzene rings is 2. The molecule has 0 unspecified atom stereocenters. The van der Waals surface area contributed by atoms with Gasteiger partial charge in [-0.15, -0.1) is 0 Å². The van der Waals surface area contributed by atoms with Crippen molar-refractivity contribution in [2.45, 2.75) is 32.4 Å². The van der Waals surface area contributed by atoms with E-state index >= 15 is 0 Å². The smallest absolute Gasteiger partial charge is 0.251 e. The third-order valence-electron chi connectivity index (χ3n) is 4.98. The minimum atomic E-state index is -0.0424. The Morgan fingerprint density at radius 1 is 1.10 bits per heavy atom. The van der Waals surface area contributed by atoms with Crippen molar-refractivity contribution in [1.82, 2.24) is 15.5 Å². The molecule has 0 spiro atoms. The molecule has 0 radical (unpaired) electrons. The van der Waals surface area contributed by atoms with Gasteiger partial charge in [0.25, 0.3) is 5.91 Å². The second kappa shape index (κ2) is 10.5. The van der Waals surface area contributed by atoms with Crippen LogP contribution in [0.25, 0.3) is 0 Å². The van der Waals surface area contributed by atoms with Crippen LogP contribution in [0.4, 0.5) is 0 Å². The molecule has 154 valence electrons. The van der Waals surface area contributed by atoms with Crippen molar-refractivity contribution in [3.05, 3.63) is 65.7 Å². The fourth-order valence-corrected chi connectivity index (χ4v) is 3.48. The Morgan fingerprint density at radius 3 is 2.55 bits per heavy atom. The molecule has 2 aromatic carbocycles. The van der Waals surface area contributed by atoms with Gasteiger partial charge >= 0.3 is 0 Å².